The molecule has 0 fully saturated rings. The number of rotatable bonds is 5. The summed E-state index contributed by atoms with van der Waals surface area (Å²) in [6.07, 6.45) is 3.53. The van der Waals surface area contributed by atoms with Crippen molar-refractivity contribution in [2.45, 2.75) is 13.5 Å². The van der Waals surface area contributed by atoms with E-state index in [1.807, 2.05) is 48.0 Å². The van der Waals surface area contributed by atoms with Crippen LogP contribution in [0.1, 0.15) is 16.1 Å². The van der Waals surface area contributed by atoms with Gasteiger partial charge in [-0.2, -0.15) is 5.10 Å². The highest BCUT2D eigenvalue weighted by atomic mass is 79.9. The van der Waals surface area contributed by atoms with E-state index in [2.05, 4.69) is 31.3 Å². The lowest BCUT2D eigenvalue weighted by Gasteiger charge is -2.08. The molecule has 122 valence electrons. The minimum Gasteiger partial charge on any atom is -0.350 e. The summed E-state index contributed by atoms with van der Waals surface area (Å²) in [6, 6.07) is 13.3. The highest BCUT2D eigenvalue weighted by Crippen LogP contribution is 2.17. The van der Waals surface area contributed by atoms with Crippen LogP contribution in [0.2, 0.25) is 0 Å². The van der Waals surface area contributed by atoms with Crippen molar-refractivity contribution in [1.29, 1.82) is 0 Å². The Morgan fingerprint density at radius 2 is 2.08 bits per heavy atom. The minimum absolute atomic E-state index is 0.0974. The van der Waals surface area contributed by atoms with Crippen LogP contribution in [0.25, 0.3) is 11.3 Å². The fraction of sp³-hybridized carbons (Fsp3) is 0.167. The summed E-state index contributed by atoms with van der Waals surface area (Å²) in [5, 5.41) is 7.51. The van der Waals surface area contributed by atoms with Gasteiger partial charge in [-0.1, -0.05) is 12.1 Å². The maximum Gasteiger partial charge on any atom is 0.252 e. The normalized spacial score (nSPS) is 10.6. The number of hydrogen-bond donors (Lipinski definition) is 1. The zero-order chi connectivity index (χ0) is 16.9. The summed E-state index contributed by atoms with van der Waals surface area (Å²) in [7, 11) is 0. The first kappa shape index (κ1) is 16.4. The van der Waals surface area contributed by atoms with Crippen molar-refractivity contribution < 1.29 is 4.79 Å². The molecule has 1 N–H and O–H groups in total. The topological polar surface area (TPSA) is 59.8 Å². The van der Waals surface area contributed by atoms with Crippen molar-refractivity contribution in [1.82, 2.24) is 20.1 Å². The molecule has 5 nitrogen and oxygen atoms in total. The Morgan fingerprint density at radius 1 is 1.25 bits per heavy atom. The van der Waals surface area contributed by atoms with Crippen molar-refractivity contribution in [3.63, 3.8) is 0 Å². The second-order valence-corrected chi connectivity index (χ2v) is 6.23. The number of benzene rings is 1. The summed E-state index contributed by atoms with van der Waals surface area (Å²) < 4.78 is 2.68. The van der Waals surface area contributed by atoms with Gasteiger partial charge in [-0.25, -0.2) is 0 Å². The predicted molar refractivity (Wildman–Crippen MR) is 96.7 cm³/mol. The maximum absolute atomic E-state index is 12.2. The third kappa shape index (κ3) is 3.71. The Kier molecular flexibility index (Phi) is 5.05. The monoisotopic (exact) mass is 384 g/mol. The van der Waals surface area contributed by atoms with Crippen molar-refractivity contribution in [3.8, 4) is 11.3 Å². The first-order valence-corrected chi connectivity index (χ1v) is 8.42. The highest BCUT2D eigenvalue weighted by Gasteiger charge is 2.10. The average molecular weight is 385 g/mol. The van der Waals surface area contributed by atoms with Crippen LogP contribution in [-0.4, -0.2) is 27.2 Å². The predicted octanol–water partition coefficient (Wildman–Crippen LogP) is 3.45. The second-order valence-electron chi connectivity index (χ2n) is 5.37. The number of aryl methyl sites for hydroxylation is 1. The molecule has 0 bridgehead atoms. The average Bonchev–Trinajstić information content (AvgIpc) is 2.97. The fourth-order valence-corrected chi connectivity index (χ4v) is 2.87. The Morgan fingerprint density at radius 3 is 2.83 bits per heavy atom. The molecule has 6 heteroatoms. The number of hydrogen-bond acceptors (Lipinski definition) is 3. The van der Waals surface area contributed by atoms with Crippen molar-refractivity contribution in [3.05, 3.63) is 70.6 Å². The molecule has 0 aliphatic carbocycles. The standard InChI is InChI=1S/C18H17BrN4O/c1-13-11-17(14-5-4-8-20-12-14)22-23(13)10-9-21-18(24)15-6-2-3-7-16(15)19/h2-8,11-12H,9-10H2,1H3,(H,21,24). The van der Waals surface area contributed by atoms with Crippen LogP contribution < -0.4 is 5.32 Å². The molecular weight excluding hydrogens is 368 g/mol. The lowest BCUT2D eigenvalue weighted by atomic mass is 10.2. The van der Waals surface area contributed by atoms with Crippen LogP contribution >= 0.6 is 15.9 Å². The molecule has 0 aliphatic rings. The molecule has 0 saturated carbocycles. The van der Waals surface area contributed by atoms with Gasteiger partial charge in [0.1, 0.15) is 0 Å². The van der Waals surface area contributed by atoms with Gasteiger partial charge in [-0.3, -0.25) is 14.5 Å². The first-order chi connectivity index (χ1) is 11.6. The van der Waals surface area contributed by atoms with E-state index in [4.69, 9.17) is 0 Å². The summed E-state index contributed by atoms with van der Waals surface area (Å²) in [6.45, 7) is 3.12. The summed E-state index contributed by atoms with van der Waals surface area (Å²) in [5.41, 5.74) is 3.55. The van der Waals surface area contributed by atoms with E-state index in [0.29, 0.717) is 18.7 Å². The number of nitrogens with zero attached hydrogens (tertiary/aromatic N) is 3. The molecule has 3 aromatic rings. The number of amides is 1. The molecule has 0 spiro atoms. The molecule has 0 unspecified atom stereocenters. The number of aromatic nitrogens is 3. The maximum atomic E-state index is 12.2. The van der Waals surface area contributed by atoms with Crippen molar-refractivity contribution >= 4 is 21.8 Å². The van der Waals surface area contributed by atoms with E-state index < -0.39 is 0 Å². The Balaban J connectivity index is 1.62. The van der Waals surface area contributed by atoms with E-state index in [-0.39, 0.29) is 5.91 Å². The van der Waals surface area contributed by atoms with Crippen molar-refractivity contribution in [2.75, 3.05) is 6.54 Å². The highest BCUT2D eigenvalue weighted by molar-refractivity contribution is 9.10. The number of pyridine rings is 1. The molecule has 2 aromatic heterocycles. The van der Waals surface area contributed by atoms with Gasteiger partial charge in [0.15, 0.2) is 0 Å². The van der Waals surface area contributed by atoms with Crippen LogP contribution in [0, 0.1) is 6.92 Å². The molecule has 0 radical (unpaired) electrons. The second kappa shape index (κ2) is 7.40. The quantitative estimate of drug-likeness (QED) is 0.732. The van der Waals surface area contributed by atoms with Gasteiger partial charge < -0.3 is 5.32 Å². The zero-order valence-corrected chi connectivity index (χ0v) is 14.8. The van der Waals surface area contributed by atoms with Crippen LogP contribution in [-0.2, 0) is 6.54 Å². The summed E-state index contributed by atoms with van der Waals surface area (Å²) in [4.78, 5) is 16.3. The largest absolute Gasteiger partial charge is 0.350 e. The number of carbonyl (C=O) groups is 1. The number of carbonyl (C=O) groups excluding carboxylic acids is 1. The Bertz CT molecular complexity index is 845. The Labute approximate surface area is 148 Å². The van der Waals surface area contributed by atoms with Gasteiger partial charge in [-0.15, -0.1) is 0 Å². The lowest BCUT2D eigenvalue weighted by molar-refractivity contribution is 0.0951. The van der Waals surface area contributed by atoms with Crippen LogP contribution in [0.4, 0.5) is 0 Å². The summed E-state index contributed by atoms with van der Waals surface area (Å²) >= 11 is 3.39. The third-order valence-corrected chi connectivity index (χ3v) is 4.36. The lowest BCUT2D eigenvalue weighted by Crippen LogP contribution is -2.28. The van der Waals surface area contributed by atoms with Crippen LogP contribution in [0.3, 0.4) is 0 Å². The van der Waals surface area contributed by atoms with E-state index in [1.165, 1.54) is 0 Å². The minimum atomic E-state index is -0.0974. The molecule has 0 atom stereocenters. The van der Waals surface area contributed by atoms with E-state index in [0.717, 1.165) is 21.4 Å². The fourth-order valence-electron chi connectivity index (χ4n) is 2.41. The van der Waals surface area contributed by atoms with Crippen LogP contribution in [0.5, 0.6) is 0 Å². The molecule has 2 heterocycles. The van der Waals surface area contributed by atoms with Gasteiger partial charge in [-0.05, 0) is 53.2 Å². The molecule has 1 amide bonds. The molecule has 3 rings (SSSR count). The molecule has 0 aliphatic heterocycles. The summed E-state index contributed by atoms with van der Waals surface area (Å²) in [5.74, 6) is -0.0974. The van der Waals surface area contributed by atoms with Gasteiger partial charge in [0.05, 0.1) is 17.8 Å². The number of halogens is 1. The molecular formula is C18H17BrN4O. The zero-order valence-electron chi connectivity index (χ0n) is 13.2. The van der Waals surface area contributed by atoms with Crippen molar-refractivity contribution in [2.24, 2.45) is 0 Å². The van der Waals surface area contributed by atoms with Gasteiger partial charge in [0.2, 0.25) is 0 Å². The molecule has 1 aromatic carbocycles. The third-order valence-electron chi connectivity index (χ3n) is 3.67. The molecule has 0 saturated heterocycles. The van der Waals surface area contributed by atoms with E-state index in [9.17, 15) is 4.79 Å². The van der Waals surface area contributed by atoms with Gasteiger partial charge in [0.25, 0.3) is 5.91 Å². The number of nitrogens with one attached hydrogen (secondary N) is 1. The smallest absolute Gasteiger partial charge is 0.252 e. The molecule has 24 heavy (non-hydrogen) atoms. The van der Waals surface area contributed by atoms with E-state index >= 15 is 0 Å². The van der Waals surface area contributed by atoms with Gasteiger partial charge >= 0.3 is 0 Å². The first-order valence-electron chi connectivity index (χ1n) is 7.63. The Hall–Kier alpha value is -2.47. The SMILES string of the molecule is Cc1cc(-c2cccnc2)nn1CCNC(=O)c1ccccc1Br. The van der Waals surface area contributed by atoms with E-state index in [1.54, 1.807) is 18.5 Å². The van der Waals surface area contributed by atoms with Gasteiger partial charge in [0, 0.05) is 34.7 Å². The van der Waals surface area contributed by atoms with Crippen LogP contribution in [0.15, 0.2) is 59.3 Å².